The van der Waals surface area contributed by atoms with Gasteiger partial charge >= 0.3 is 7.12 Å². The Kier molecular flexibility index (Phi) is 7.20. The van der Waals surface area contributed by atoms with Crippen molar-refractivity contribution >= 4 is 13.0 Å². The molecule has 4 rings (SSSR count). The van der Waals surface area contributed by atoms with Crippen molar-refractivity contribution < 1.29 is 14.8 Å². The number of hydrogen-bond acceptors (Lipinski definition) is 5. The van der Waals surface area contributed by atoms with E-state index >= 15 is 0 Å². The van der Waals surface area contributed by atoms with E-state index in [0.29, 0.717) is 11.8 Å². The number of carbonyl (C=O) groups excluding carboxylic acids is 1. The average molecular weight is 405 g/mol. The number of amides is 1. The molecule has 4 fully saturated rings. The molecule has 2 saturated carbocycles. The van der Waals surface area contributed by atoms with Gasteiger partial charge in [0.25, 0.3) is 0 Å². The van der Waals surface area contributed by atoms with Crippen LogP contribution in [0.15, 0.2) is 0 Å². The molecule has 0 aromatic rings. The molecule has 2 aliphatic heterocycles. The normalized spacial score (nSPS) is 39.1. The zero-order valence-corrected chi connectivity index (χ0v) is 17.8. The van der Waals surface area contributed by atoms with Gasteiger partial charge in [-0.25, -0.2) is 0 Å². The van der Waals surface area contributed by atoms with Crippen LogP contribution in [0.3, 0.4) is 0 Å². The first-order chi connectivity index (χ1) is 14.1. The Morgan fingerprint density at radius 2 is 1.79 bits per heavy atom. The number of carbonyl (C=O) groups is 1. The molecule has 0 spiro atoms. The molecule has 0 aromatic heterocycles. The van der Waals surface area contributed by atoms with E-state index in [4.69, 9.17) is 5.73 Å². The Labute approximate surface area is 176 Å². The molecule has 4 aliphatic rings. The molecule has 164 valence electrons. The molecule has 2 aliphatic carbocycles. The maximum absolute atomic E-state index is 13.4. The van der Waals surface area contributed by atoms with Gasteiger partial charge in [0.2, 0.25) is 5.91 Å². The van der Waals surface area contributed by atoms with Crippen LogP contribution in [-0.2, 0) is 4.79 Å². The SMILES string of the molecule is NCC1CCCC(C2CCN(C(=O)C3CCC4CCNCC4C3B(O)O)CC2)C1. The first kappa shape index (κ1) is 21.6. The smallest absolute Gasteiger partial charge is 0.427 e. The minimum atomic E-state index is -1.40. The zero-order chi connectivity index (χ0) is 20.4. The number of rotatable bonds is 4. The standard InChI is InChI=1S/C22H40BN3O3/c24-13-15-2-1-3-18(12-15)16-7-10-26(11-8-16)22(27)19-5-4-17-6-9-25-14-20(17)21(19)23(28)29/h15-21,25,28-29H,1-14,24H2. The van der Waals surface area contributed by atoms with Gasteiger partial charge in [0.05, 0.1) is 0 Å². The first-order valence-corrected chi connectivity index (χ1v) is 12.1. The van der Waals surface area contributed by atoms with Crippen LogP contribution in [-0.4, -0.2) is 60.7 Å². The highest BCUT2D eigenvalue weighted by Gasteiger charge is 2.49. The van der Waals surface area contributed by atoms with Crippen molar-refractivity contribution in [1.29, 1.82) is 0 Å². The van der Waals surface area contributed by atoms with Gasteiger partial charge < -0.3 is 26.0 Å². The van der Waals surface area contributed by atoms with Crippen LogP contribution in [0.2, 0.25) is 5.82 Å². The fourth-order valence-electron chi connectivity index (χ4n) is 7.15. The van der Waals surface area contributed by atoms with Crippen molar-refractivity contribution in [3.05, 3.63) is 0 Å². The molecule has 0 aromatic carbocycles. The van der Waals surface area contributed by atoms with Crippen molar-refractivity contribution in [1.82, 2.24) is 10.2 Å². The molecule has 2 heterocycles. The lowest BCUT2D eigenvalue weighted by Gasteiger charge is -2.47. The third-order valence-corrected chi connectivity index (χ3v) is 8.82. The summed E-state index contributed by atoms with van der Waals surface area (Å²) in [5.74, 6) is 2.56. The van der Waals surface area contributed by atoms with Gasteiger partial charge in [-0.2, -0.15) is 0 Å². The van der Waals surface area contributed by atoms with Gasteiger partial charge in [0, 0.05) is 24.8 Å². The predicted molar refractivity (Wildman–Crippen MR) is 115 cm³/mol. The highest BCUT2D eigenvalue weighted by Crippen LogP contribution is 2.47. The zero-order valence-electron chi connectivity index (χ0n) is 17.8. The highest BCUT2D eigenvalue weighted by molar-refractivity contribution is 6.44. The summed E-state index contributed by atoms with van der Waals surface area (Å²) in [6.45, 7) is 4.31. The van der Waals surface area contributed by atoms with Gasteiger partial charge in [-0.05, 0) is 94.2 Å². The minimum Gasteiger partial charge on any atom is -0.427 e. The maximum atomic E-state index is 13.4. The van der Waals surface area contributed by atoms with E-state index in [-0.39, 0.29) is 23.6 Å². The van der Waals surface area contributed by atoms with Gasteiger partial charge in [0.1, 0.15) is 0 Å². The topological polar surface area (TPSA) is 98.8 Å². The number of nitrogens with one attached hydrogen (secondary N) is 1. The summed E-state index contributed by atoms with van der Waals surface area (Å²) in [5, 5.41) is 23.7. The van der Waals surface area contributed by atoms with Gasteiger partial charge in [-0.15, -0.1) is 0 Å². The van der Waals surface area contributed by atoms with Gasteiger partial charge in [-0.1, -0.05) is 12.8 Å². The van der Waals surface area contributed by atoms with Crippen molar-refractivity contribution in [2.24, 2.45) is 41.2 Å². The van der Waals surface area contributed by atoms with Crippen LogP contribution < -0.4 is 11.1 Å². The van der Waals surface area contributed by atoms with Gasteiger partial charge in [-0.3, -0.25) is 4.79 Å². The Bertz CT molecular complexity index is 555. The van der Waals surface area contributed by atoms with Crippen LogP contribution in [0.1, 0.15) is 57.8 Å². The van der Waals surface area contributed by atoms with Crippen molar-refractivity contribution in [3.63, 3.8) is 0 Å². The summed E-state index contributed by atoms with van der Waals surface area (Å²) >= 11 is 0. The lowest BCUT2D eigenvalue weighted by molar-refractivity contribution is -0.140. The summed E-state index contributed by atoms with van der Waals surface area (Å²) < 4.78 is 0. The van der Waals surface area contributed by atoms with Crippen LogP contribution >= 0.6 is 0 Å². The molecule has 0 radical (unpaired) electrons. The van der Waals surface area contributed by atoms with E-state index in [1.165, 1.54) is 25.7 Å². The Hall–Kier alpha value is -0.625. The van der Waals surface area contributed by atoms with Crippen molar-refractivity contribution in [2.45, 2.75) is 63.6 Å². The molecule has 0 bridgehead atoms. The third kappa shape index (κ3) is 4.68. The second-order valence-corrected chi connectivity index (χ2v) is 10.3. The number of nitrogens with zero attached hydrogens (tertiary/aromatic N) is 1. The van der Waals surface area contributed by atoms with Crippen LogP contribution in [0.25, 0.3) is 0 Å². The molecule has 5 N–H and O–H groups in total. The van der Waals surface area contributed by atoms with Crippen LogP contribution in [0, 0.1) is 35.5 Å². The quantitative estimate of drug-likeness (QED) is 0.531. The van der Waals surface area contributed by atoms with E-state index < -0.39 is 7.12 Å². The number of fused-ring (bicyclic) bond motifs is 1. The molecule has 29 heavy (non-hydrogen) atoms. The molecule has 7 heteroatoms. The molecule has 2 saturated heterocycles. The second-order valence-electron chi connectivity index (χ2n) is 10.3. The van der Waals surface area contributed by atoms with E-state index in [2.05, 4.69) is 5.32 Å². The maximum Gasteiger partial charge on any atom is 0.455 e. The fraction of sp³-hybridized carbons (Fsp3) is 0.955. The van der Waals surface area contributed by atoms with Crippen molar-refractivity contribution in [2.75, 3.05) is 32.7 Å². The average Bonchev–Trinajstić information content (AvgIpc) is 2.77. The monoisotopic (exact) mass is 405 g/mol. The second kappa shape index (κ2) is 9.67. The Morgan fingerprint density at radius 1 is 1.00 bits per heavy atom. The van der Waals surface area contributed by atoms with Gasteiger partial charge in [0.15, 0.2) is 0 Å². The number of likely N-dealkylation sites (tertiary alicyclic amines) is 1. The number of piperidine rings is 2. The molecular formula is C22H40BN3O3. The third-order valence-electron chi connectivity index (χ3n) is 8.82. The highest BCUT2D eigenvalue weighted by atomic mass is 16.4. The van der Waals surface area contributed by atoms with E-state index in [9.17, 15) is 14.8 Å². The summed E-state index contributed by atoms with van der Waals surface area (Å²) in [4.78, 5) is 15.4. The number of hydrogen-bond donors (Lipinski definition) is 4. The van der Waals surface area contributed by atoms with Crippen molar-refractivity contribution in [3.8, 4) is 0 Å². The molecule has 6 nitrogen and oxygen atoms in total. The van der Waals surface area contributed by atoms with E-state index in [0.717, 1.165) is 76.7 Å². The molecule has 6 atom stereocenters. The summed E-state index contributed by atoms with van der Waals surface area (Å²) in [6.07, 6.45) is 10.3. The number of nitrogens with two attached hydrogens (primary N) is 1. The molecule has 6 unspecified atom stereocenters. The molecule has 1 amide bonds. The van der Waals surface area contributed by atoms with E-state index in [1.807, 2.05) is 4.90 Å². The Morgan fingerprint density at radius 3 is 2.52 bits per heavy atom. The summed E-state index contributed by atoms with van der Waals surface area (Å²) in [7, 11) is -1.40. The van der Waals surface area contributed by atoms with Crippen LogP contribution in [0.5, 0.6) is 0 Å². The largest absolute Gasteiger partial charge is 0.455 e. The molecular weight excluding hydrogens is 365 g/mol. The lowest BCUT2D eigenvalue weighted by Crippen LogP contribution is -2.53. The fourth-order valence-corrected chi connectivity index (χ4v) is 7.15. The van der Waals surface area contributed by atoms with E-state index in [1.54, 1.807) is 0 Å². The Balaban J connectivity index is 1.35. The summed E-state index contributed by atoms with van der Waals surface area (Å²) in [6, 6.07) is 0. The first-order valence-electron chi connectivity index (χ1n) is 12.1. The summed E-state index contributed by atoms with van der Waals surface area (Å²) in [5.41, 5.74) is 5.93. The predicted octanol–water partition coefficient (Wildman–Crippen LogP) is 1.47. The van der Waals surface area contributed by atoms with Crippen LogP contribution in [0.4, 0.5) is 0 Å². The minimum absolute atomic E-state index is 0.175. The lowest BCUT2D eigenvalue weighted by atomic mass is 9.51.